The molecule has 2 rings (SSSR count). The Bertz CT molecular complexity index is 843. The second kappa shape index (κ2) is 5.52. The number of hydrogen-bond donors (Lipinski definition) is 2. The summed E-state index contributed by atoms with van der Waals surface area (Å²) in [5.41, 5.74) is -6.28. The van der Waals surface area contributed by atoms with Gasteiger partial charge in [-0.05, 0) is 25.1 Å². The predicted octanol–water partition coefficient (Wildman–Crippen LogP) is 3.78. The monoisotopic (exact) mass is 349 g/mol. The fraction of sp³-hybridized carbons (Fsp3) is 0.286. The average Bonchev–Trinajstić information content (AvgIpc) is 2.87. The van der Waals surface area contributed by atoms with Gasteiger partial charge in [0, 0.05) is 0 Å². The summed E-state index contributed by atoms with van der Waals surface area (Å²) >= 11 is 0. The van der Waals surface area contributed by atoms with Crippen molar-refractivity contribution in [3.8, 4) is 6.07 Å². The molecular formula is C14H9F6N3O. The minimum Gasteiger partial charge on any atom is -0.370 e. The smallest absolute Gasteiger partial charge is 0.370 e. The van der Waals surface area contributed by atoms with Crippen LogP contribution in [0.5, 0.6) is 0 Å². The number of alkyl halides is 6. The Morgan fingerprint density at radius 1 is 1.21 bits per heavy atom. The number of H-pyrrole nitrogens is 1. The number of aromatic amines is 1. The molecule has 128 valence electrons. The van der Waals surface area contributed by atoms with Gasteiger partial charge in [-0.15, -0.1) is 0 Å². The van der Waals surface area contributed by atoms with Crippen LogP contribution in [0.3, 0.4) is 0 Å². The summed E-state index contributed by atoms with van der Waals surface area (Å²) in [5.74, 6) is -0.994. The Hall–Kier alpha value is -2.54. The van der Waals surface area contributed by atoms with Crippen LogP contribution in [-0.2, 0) is 11.8 Å². The van der Waals surface area contributed by atoms with Crippen molar-refractivity contribution < 1.29 is 31.4 Å². The molecule has 0 aliphatic rings. The zero-order valence-electron chi connectivity index (χ0n) is 11.9. The lowest BCUT2D eigenvalue weighted by molar-refractivity contribution is -0.247. The quantitative estimate of drug-likeness (QED) is 0.640. The highest BCUT2D eigenvalue weighted by Gasteiger charge is 2.55. The summed E-state index contributed by atoms with van der Waals surface area (Å²) in [4.78, 5) is 5.56. The molecule has 1 aromatic carbocycles. The van der Waals surface area contributed by atoms with Gasteiger partial charge in [-0.2, -0.15) is 31.6 Å². The molecule has 0 aliphatic heterocycles. The lowest BCUT2D eigenvalue weighted by Crippen LogP contribution is -2.41. The van der Waals surface area contributed by atoms with Crippen LogP contribution in [0.1, 0.15) is 23.9 Å². The van der Waals surface area contributed by atoms with E-state index in [1.807, 2.05) is 4.98 Å². The fourth-order valence-corrected chi connectivity index (χ4v) is 2.11. The topological polar surface area (TPSA) is 72.7 Å². The zero-order chi connectivity index (χ0) is 18.3. The second-order valence-corrected chi connectivity index (χ2v) is 4.87. The molecule has 1 unspecified atom stereocenters. The van der Waals surface area contributed by atoms with Gasteiger partial charge >= 0.3 is 12.4 Å². The molecule has 0 aliphatic carbocycles. The molecule has 2 aromatic rings. The highest BCUT2D eigenvalue weighted by Crippen LogP contribution is 2.40. The average molecular weight is 349 g/mol. The maximum atomic E-state index is 13.1. The second-order valence-electron chi connectivity index (χ2n) is 4.87. The van der Waals surface area contributed by atoms with Crippen LogP contribution in [0.15, 0.2) is 24.3 Å². The predicted molar refractivity (Wildman–Crippen MR) is 70.6 cm³/mol. The minimum atomic E-state index is -5.15. The molecule has 0 radical (unpaired) electrons. The van der Waals surface area contributed by atoms with Crippen molar-refractivity contribution >= 4 is 11.0 Å². The van der Waals surface area contributed by atoms with Gasteiger partial charge in [0.1, 0.15) is 0 Å². The van der Waals surface area contributed by atoms with E-state index in [1.165, 1.54) is 13.0 Å². The molecule has 1 atom stereocenters. The maximum absolute atomic E-state index is 13.1. The third-order valence-electron chi connectivity index (χ3n) is 3.25. The maximum Gasteiger partial charge on any atom is 0.428 e. The summed E-state index contributed by atoms with van der Waals surface area (Å²) in [6.07, 6.45) is -8.67. The number of hydrogen-bond acceptors (Lipinski definition) is 3. The van der Waals surface area contributed by atoms with E-state index in [2.05, 4.69) is 4.98 Å². The first kappa shape index (κ1) is 17.8. The molecule has 2 N–H and O–H groups in total. The molecule has 24 heavy (non-hydrogen) atoms. The van der Waals surface area contributed by atoms with Crippen LogP contribution in [-0.4, -0.2) is 21.3 Å². The lowest BCUT2D eigenvalue weighted by atomic mass is 10.0. The van der Waals surface area contributed by atoms with Crippen molar-refractivity contribution in [2.45, 2.75) is 24.9 Å². The number of allylic oxidation sites excluding steroid dienone is 1. The molecule has 0 spiro atoms. The minimum absolute atomic E-state index is 0.304. The Balaban J connectivity index is 2.75. The van der Waals surface area contributed by atoms with E-state index in [0.29, 0.717) is 18.2 Å². The highest BCUT2D eigenvalue weighted by molar-refractivity contribution is 5.79. The van der Waals surface area contributed by atoms with Crippen molar-refractivity contribution in [2.75, 3.05) is 0 Å². The van der Waals surface area contributed by atoms with Crippen LogP contribution >= 0.6 is 0 Å². The van der Waals surface area contributed by atoms with Gasteiger partial charge in [0.05, 0.1) is 28.2 Å². The van der Waals surface area contributed by atoms with Crippen LogP contribution in [0.4, 0.5) is 26.3 Å². The molecule has 10 heteroatoms. The summed E-state index contributed by atoms with van der Waals surface area (Å²) in [5, 5.41) is 18.7. The van der Waals surface area contributed by atoms with Crippen molar-refractivity contribution in [1.82, 2.24) is 9.97 Å². The SMILES string of the molecule is CC=CC(O)(c1nc2cc(C#N)c(C(F)(F)F)cc2[nH]1)C(F)(F)F. The van der Waals surface area contributed by atoms with Crippen LogP contribution < -0.4 is 0 Å². The Kier molecular flexibility index (Phi) is 4.10. The van der Waals surface area contributed by atoms with E-state index < -0.39 is 34.9 Å². The number of nitrogens with zero attached hydrogens (tertiary/aromatic N) is 2. The van der Waals surface area contributed by atoms with Crippen molar-refractivity contribution in [1.29, 1.82) is 5.26 Å². The Morgan fingerprint density at radius 2 is 1.83 bits per heavy atom. The number of halogens is 6. The van der Waals surface area contributed by atoms with E-state index >= 15 is 0 Å². The summed E-state index contributed by atoms with van der Waals surface area (Å²) < 4.78 is 78.0. The van der Waals surface area contributed by atoms with E-state index in [1.54, 1.807) is 0 Å². The number of aliphatic hydroxyl groups is 1. The molecule has 0 amide bonds. The van der Waals surface area contributed by atoms with Crippen LogP contribution in [0, 0.1) is 11.3 Å². The Labute approximate surface area is 131 Å². The van der Waals surface area contributed by atoms with E-state index in [4.69, 9.17) is 5.26 Å². The molecule has 1 heterocycles. The number of benzene rings is 1. The summed E-state index contributed by atoms with van der Waals surface area (Å²) in [7, 11) is 0. The zero-order valence-corrected chi connectivity index (χ0v) is 11.9. The molecule has 0 saturated heterocycles. The molecule has 0 bridgehead atoms. The van der Waals surface area contributed by atoms with Gasteiger partial charge in [0.15, 0.2) is 5.82 Å². The Morgan fingerprint density at radius 3 is 2.29 bits per heavy atom. The van der Waals surface area contributed by atoms with Crippen molar-refractivity contribution in [2.24, 2.45) is 0 Å². The number of rotatable bonds is 2. The summed E-state index contributed by atoms with van der Waals surface area (Å²) in [6.45, 7) is 1.23. The number of nitrogens with one attached hydrogen (secondary N) is 1. The normalized spacial score (nSPS) is 15.6. The van der Waals surface area contributed by atoms with E-state index in [0.717, 1.165) is 6.08 Å². The van der Waals surface area contributed by atoms with Gasteiger partial charge in [0.25, 0.3) is 0 Å². The largest absolute Gasteiger partial charge is 0.428 e. The molecule has 1 aromatic heterocycles. The number of nitriles is 1. The van der Waals surface area contributed by atoms with Gasteiger partial charge in [-0.1, -0.05) is 6.08 Å². The third kappa shape index (κ3) is 2.82. The van der Waals surface area contributed by atoms with E-state index in [-0.39, 0.29) is 11.0 Å². The standard InChI is InChI=1S/C14H9F6N3O/c1-2-3-12(24,14(18,19)20)11-22-9-4-7(6-21)8(13(15,16)17)5-10(9)23-11/h2-5,24H,1H3,(H,22,23). The summed E-state index contributed by atoms with van der Waals surface area (Å²) in [6, 6.07) is 2.52. The molecular weight excluding hydrogens is 340 g/mol. The lowest BCUT2D eigenvalue weighted by Gasteiger charge is -2.25. The van der Waals surface area contributed by atoms with Gasteiger partial charge < -0.3 is 10.1 Å². The molecule has 0 saturated carbocycles. The molecule has 0 fully saturated rings. The number of aromatic nitrogens is 2. The highest BCUT2D eigenvalue weighted by atomic mass is 19.4. The first-order chi connectivity index (χ1) is 10.9. The van der Waals surface area contributed by atoms with Gasteiger partial charge in [-0.3, -0.25) is 0 Å². The first-order valence-corrected chi connectivity index (χ1v) is 6.38. The van der Waals surface area contributed by atoms with Gasteiger partial charge in [0.2, 0.25) is 5.60 Å². The van der Waals surface area contributed by atoms with Crippen LogP contribution in [0.2, 0.25) is 0 Å². The number of fused-ring (bicyclic) bond motifs is 1. The van der Waals surface area contributed by atoms with Crippen molar-refractivity contribution in [3.05, 3.63) is 41.2 Å². The van der Waals surface area contributed by atoms with E-state index in [9.17, 15) is 31.4 Å². The van der Waals surface area contributed by atoms with Crippen LogP contribution in [0.25, 0.3) is 11.0 Å². The van der Waals surface area contributed by atoms with Crippen molar-refractivity contribution in [3.63, 3.8) is 0 Å². The fourth-order valence-electron chi connectivity index (χ4n) is 2.11. The third-order valence-corrected chi connectivity index (χ3v) is 3.25. The number of imidazole rings is 1. The first-order valence-electron chi connectivity index (χ1n) is 6.38. The molecule has 4 nitrogen and oxygen atoms in total. The van der Waals surface area contributed by atoms with Gasteiger partial charge in [-0.25, -0.2) is 4.98 Å².